The minimum absolute atomic E-state index is 0.0258. The van der Waals surface area contributed by atoms with Gasteiger partial charge in [0.15, 0.2) is 4.98 Å². The molecule has 2 aromatic carbocycles. The highest BCUT2D eigenvalue weighted by Crippen LogP contribution is 2.34. The maximum absolute atomic E-state index is 9.99. The Labute approximate surface area is 178 Å². The van der Waals surface area contributed by atoms with E-state index >= 15 is 0 Å². The molecule has 0 spiro atoms. The van der Waals surface area contributed by atoms with Crippen LogP contribution in [0.5, 0.6) is 5.75 Å². The molecule has 0 saturated carbocycles. The Morgan fingerprint density at radius 1 is 1.07 bits per heavy atom. The summed E-state index contributed by atoms with van der Waals surface area (Å²) in [6.07, 6.45) is 6.21. The minimum atomic E-state index is -4.47. The zero-order valence-electron chi connectivity index (χ0n) is 17.4. The smallest absolute Gasteiger partial charge is 0.392 e. The van der Waals surface area contributed by atoms with Crippen LogP contribution >= 0.6 is 0 Å². The highest BCUT2D eigenvalue weighted by molar-refractivity contribution is 7.80. The van der Waals surface area contributed by atoms with Gasteiger partial charge < -0.3 is 15.0 Å². The van der Waals surface area contributed by atoms with E-state index in [0.717, 1.165) is 24.0 Å². The molecule has 0 unspecified atom stereocenters. The van der Waals surface area contributed by atoms with Crippen molar-refractivity contribution in [1.29, 1.82) is 5.39 Å². The SMILES string of the molecule is CCCCCCCCOS(=O)(=O)[O-].COc1cc(-c2ccccc2[N+]#N)ccc1N. The lowest BCUT2D eigenvalue weighted by Crippen LogP contribution is -2.05. The number of anilines is 1. The first-order chi connectivity index (χ1) is 14.3. The number of unbranched alkanes of at least 4 members (excludes halogenated alkanes) is 5. The van der Waals surface area contributed by atoms with Crippen LogP contribution in [0.3, 0.4) is 0 Å². The third-order valence-electron chi connectivity index (χ3n) is 4.28. The molecule has 0 atom stereocenters. The first-order valence-electron chi connectivity index (χ1n) is 9.80. The molecule has 9 heteroatoms. The van der Waals surface area contributed by atoms with E-state index in [0.29, 0.717) is 23.5 Å². The van der Waals surface area contributed by atoms with E-state index in [1.54, 1.807) is 19.2 Å². The molecule has 2 rings (SSSR count). The molecule has 2 N–H and O–H groups in total. The summed E-state index contributed by atoms with van der Waals surface area (Å²) < 4.78 is 39.2. The average molecular weight is 436 g/mol. The van der Waals surface area contributed by atoms with Crippen LogP contribution in [0.25, 0.3) is 16.1 Å². The van der Waals surface area contributed by atoms with E-state index in [9.17, 15) is 13.0 Å². The van der Waals surface area contributed by atoms with Crippen molar-refractivity contribution in [2.24, 2.45) is 0 Å². The Hall–Kier alpha value is -2.67. The average Bonchev–Trinajstić information content (AvgIpc) is 2.73. The fraction of sp³-hybridized carbons (Fsp3) is 0.429. The fourth-order valence-electron chi connectivity index (χ4n) is 2.73. The highest BCUT2D eigenvalue weighted by atomic mass is 32.3. The Morgan fingerprint density at radius 2 is 1.73 bits per heavy atom. The van der Waals surface area contributed by atoms with Gasteiger partial charge >= 0.3 is 5.69 Å². The van der Waals surface area contributed by atoms with Crippen molar-refractivity contribution in [2.75, 3.05) is 19.5 Å². The van der Waals surface area contributed by atoms with Gasteiger partial charge in [-0.2, -0.15) is 0 Å². The van der Waals surface area contributed by atoms with Crippen molar-refractivity contribution in [3.8, 4) is 16.9 Å². The van der Waals surface area contributed by atoms with Crippen molar-refractivity contribution in [3.63, 3.8) is 0 Å². The van der Waals surface area contributed by atoms with Gasteiger partial charge in [-0.25, -0.2) is 8.42 Å². The molecule has 0 heterocycles. The Balaban J connectivity index is 0.000000314. The second-order valence-electron chi connectivity index (χ2n) is 6.57. The molecule has 0 saturated heterocycles. The van der Waals surface area contributed by atoms with Gasteiger partial charge in [-0.1, -0.05) is 57.2 Å². The summed E-state index contributed by atoms with van der Waals surface area (Å²) in [5.74, 6) is 0.607. The van der Waals surface area contributed by atoms with E-state index in [4.69, 9.17) is 15.9 Å². The monoisotopic (exact) mass is 435 g/mol. The van der Waals surface area contributed by atoms with E-state index in [-0.39, 0.29) is 6.61 Å². The van der Waals surface area contributed by atoms with Crippen LogP contribution in [-0.4, -0.2) is 26.7 Å². The second-order valence-corrected chi connectivity index (χ2v) is 7.62. The molecular formula is C21H29N3O5S. The number of methoxy groups -OCH3 is 1. The van der Waals surface area contributed by atoms with E-state index in [1.165, 1.54) is 19.3 Å². The zero-order chi connectivity index (χ0) is 22.4. The van der Waals surface area contributed by atoms with Gasteiger partial charge in [0.1, 0.15) is 5.75 Å². The van der Waals surface area contributed by atoms with Crippen LogP contribution in [0.4, 0.5) is 11.4 Å². The maximum atomic E-state index is 9.99. The molecule has 0 aromatic heterocycles. The summed E-state index contributed by atoms with van der Waals surface area (Å²) in [4.78, 5) is 3.25. The van der Waals surface area contributed by atoms with Crippen molar-refractivity contribution < 1.29 is 21.9 Å². The quantitative estimate of drug-likeness (QED) is 0.177. The molecule has 2 aromatic rings. The molecule has 0 amide bonds. The summed E-state index contributed by atoms with van der Waals surface area (Å²) in [5.41, 5.74) is 8.56. The summed E-state index contributed by atoms with van der Waals surface area (Å²) in [5, 5.41) is 8.93. The highest BCUT2D eigenvalue weighted by Gasteiger charge is 2.15. The Morgan fingerprint density at radius 3 is 2.37 bits per heavy atom. The molecule has 8 nitrogen and oxygen atoms in total. The van der Waals surface area contributed by atoms with Crippen LogP contribution in [0.2, 0.25) is 0 Å². The second kappa shape index (κ2) is 13.5. The number of ether oxygens (including phenoxy) is 1. The molecule has 0 fully saturated rings. The fourth-order valence-corrected chi connectivity index (χ4v) is 3.05. The van der Waals surface area contributed by atoms with E-state index < -0.39 is 10.4 Å². The number of rotatable bonds is 10. The predicted molar refractivity (Wildman–Crippen MR) is 117 cm³/mol. The topological polar surface area (TPSA) is 130 Å². The number of diazo groups is 1. The Bertz CT molecular complexity index is 926. The third kappa shape index (κ3) is 9.69. The third-order valence-corrected chi connectivity index (χ3v) is 4.74. The van der Waals surface area contributed by atoms with Crippen LogP contribution in [-0.2, 0) is 14.6 Å². The molecular weight excluding hydrogens is 406 g/mol. The molecule has 0 aliphatic heterocycles. The van der Waals surface area contributed by atoms with Gasteiger partial charge in [-0.3, -0.25) is 4.18 Å². The first-order valence-corrected chi connectivity index (χ1v) is 11.1. The summed E-state index contributed by atoms with van der Waals surface area (Å²) in [6, 6.07) is 12.8. The number of nitrogen functional groups attached to an aromatic ring is 1. The van der Waals surface area contributed by atoms with Crippen LogP contribution in [0, 0.1) is 5.39 Å². The molecule has 0 aliphatic carbocycles. The van der Waals surface area contributed by atoms with Crippen molar-refractivity contribution in [1.82, 2.24) is 0 Å². The number of hydrogen-bond acceptors (Lipinski definition) is 7. The predicted octanol–water partition coefficient (Wildman–Crippen LogP) is 5.25. The normalized spacial score (nSPS) is 10.6. The zero-order valence-corrected chi connectivity index (χ0v) is 18.2. The van der Waals surface area contributed by atoms with Crippen LogP contribution in [0.15, 0.2) is 42.5 Å². The maximum Gasteiger partial charge on any atom is 0.392 e. The van der Waals surface area contributed by atoms with Gasteiger partial charge in [-0.05, 0) is 30.2 Å². The molecule has 30 heavy (non-hydrogen) atoms. The van der Waals surface area contributed by atoms with Gasteiger partial charge in [-0.15, -0.1) is 0 Å². The van der Waals surface area contributed by atoms with Gasteiger partial charge in [0.05, 0.1) is 25.0 Å². The summed E-state index contributed by atoms with van der Waals surface area (Å²) >= 11 is 0. The molecule has 0 bridgehead atoms. The van der Waals surface area contributed by atoms with Gasteiger partial charge in [0, 0.05) is 6.07 Å². The van der Waals surface area contributed by atoms with E-state index in [2.05, 4.69) is 16.1 Å². The van der Waals surface area contributed by atoms with Gasteiger partial charge in [0.25, 0.3) is 0 Å². The Kier molecular flexibility index (Phi) is 11.4. The van der Waals surface area contributed by atoms with Crippen molar-refractivity contribution in [2.45, 2.75) is 45.4 Å². The van der Waals surface area contributed by atoms with Crippen molar-refractivity contribution in [3.05, 3.63) is 47.4 Å². The largest absolute Gasteiger partial charge is 0.726 e. The van der Waals surface area contributed by atoms with E-state index in [1.807, 2.05) is 30.3 Å². The van der Waals surface area contributed by atoms with Gasteiger partial charge in [0.2, 0.25) is 15.8 Å². The molecule has 0 aliphatic rings. The lowest BCUT2D eigenvalue weighted by molar-refractivity contribution is 0.255. The number of hydrogen-bond donors (Lipinski definition) is 1. The molecule has 0 radical (unpaired) electrons. The number of nitrogens with zero attached hydrogens (tertiary/aromatic N) is 2. The summed E-state index contributed by atoms with van der Waals surface area (Å²) in [6.45, 7) is 2.16. The summed E-state index contributed by atoms with van der Waals surface area (Å²) in [7, 11) is -2.90. The lowest BCUT2D eigenvalue weighted by atomic mass is 10.0. The molecule has 164 valence electrons. The van der Waals surface area contributed by atoms with Crippen LogP contribution < -0.4 is 10.5 Å². The van der Waals surface area contributed by atoms with Crippen molar-refractivity contribution >= 4 is 21.8 Å². The lowest BCUT2D eigenvalue weighted by Gasteiger charge is -2.06. The van der Waals surface area contributed by atoms with Crippen LogP contribution in [0.1, 0.15) is 45.4 Å². The number of nitrogens with two attached hydrogens (primary N) is 1. The minimum Gasteiger partial charge on any atom is -0.726 e. The standard InChI is InChI=1S/C13H12N3O.C8H18O4S/c1-17-13-8-9(6-7-11(13)14)10-4-2-3-5-12(10)16-15;1-2-3-4-5-6-7-8-12-13(9,10)11/h2-8H,14H2,1H3;2-8H2,1H3,(H,9,10,11)/q+1;/p-1. The number of benzene rings is 2. The first kappa shape index (κ1) is 25.4.